The molecule has 14 heteroatoms. The van der Waals surface area contributed by atoms with Crippen LogP contribution >= 0.6 is 11.6 Å². The van der Waals surface area contributed by atoms with E-state index in [2.05, 4.69) is 4.98 Å². The number of carbonyl (C=O) groups excluding carboxylic acids is 1. The van der Waals surface area contributed by atoms with Gasteiger partial charge in [0.25, 0.3) is 15.9 Å². The Kier molecular flexibility index (Phi) is 5.92. The molecule has 2 rings (SSSR count). The Morgan fingerprint density at radius 2 is 1.46 bits per heavy atom. The van der Waals surface area contributed by atoms with Crippen LogP contribution in [0.1, 0.15) is 21.7 Å². The lowest BCUT2D eigenvalue weighted by Gasteiger charge is -2.13. The summed E-state index contributed by atoms with van der Waals surface area (Å²) in [6, 6.07) is 5.09. The van der Waals surface area contributed by atoms with Crippen molar-refractivity contribution in [3.63, 3.8) is 0 Å². The number of pyridine rings is 1. The second-order valence-corrected chi connectivity index (χ2v) is 7.17. The smallest absolute Gasteiger partial charge is 0.273 e. The summed E-state index contributed by atoms with van der Waals surface area (Å²) in [7, 11) is -4.45. The average Bonchev–Trinajstić information content (AvgIpc) is 2.58. The highest BCUT2D eigenvalue weighted by molar-refractivity contribution is 7.89. The lowest BCUT2D eigenvalue weighted by Crippen LogP contribution is -2.41. The predicted molar refractivity (Wildman–Crippen MR) is 83.5 cm³/mol. The summed E-state index contributed by atoms with van der Waals surface area (Å²) in [5, 5.41) is -0.230. The molecule has 6 nitrogen and oxygen atoms in total. The third kappa shape index (κ3) is 5.11. The van der Waals surface area contributed by atoms with E-state index in [1.807, 2.05) is 0 Å². The molecular formula is C14H8ClF6N3O3S. The number of alkyl halides is 6. The number of carbonyl (C=O) groups is 1. The van der Waals surface area contributed by atoms with Crippen molar-refractivity contribution in [1.82, 2.24) is 15.2 Å². The van der Waals surface area contributed by atoms with Gasteiger partial charge in [0.05, 0.1) is 5.02 Å². The lowest BCUT2D eigenvalue weighted by atomic mass is 10.1. The number of aromatic nitrogens is 1. The van der Waals surface area contributed by atoms with E-state index in [-0.39, 0.29) is 17.2 Å². The zero-order valence-electron chi connectivity index (χ0n) is 13.2. The van der Waals surface area contributed by atoms with E-state index in [9.17, 15) is 39.6 Å². The lowest BCUT2D eigenvalue weighted by molar-refractivity contribution is -0.150. The Balaban J connectivity index is 2.33. The molecule has 152 valence electrons. The molecule has 0 fully saturated rings. The largest absolute Gasteiger partial charge is 0.433 e. The Hall–Kier alpha value is -2.38. The van der Waals surface area contributed by atoms with E-state index in [0.717, 1.165) is 6.07 Å². The van der Waals surface area contributed by atoms with E-state index in [1.54, 1.807) is 0 Å². The second kappa shape index (κ2) is 7.56. The number of halogens is 7. The molecule has 0 unspecified atom stereocenters. The Bertz CT molecular complexity index is 976. The molecule has 0 spiro atoms. The van der Waals surface area contributed by atoms with E-state index in [0.29, 0.717) is 0 Å². The predicted octanol–water partition coefficient (Wildman–Crippen LogP) is 3.40. The first kappa shape index (κ1) is 21.9. The zero-order valence-corrected chi connectivity index (χ0v) is 14.8. The van der Waals surface area contributed by atoms with Gasteiger partial charge in [-0.1, -0.05) is 23.7 Å². The van der Waals surface area contributed by atoms with E-state index >= 15 is 0 Å². The van der Waals surface area contributed by atoms with Gasteiger partial charge in [-0.25, -0.2) is 13.4 Å². The summed E-state index contributed by atoms with van der Waals surface area (Å²) in [5.74, 6) is -1.57. The third-order valence-corrected chi connectivity index (χ3v) is 4.84. The molecular weight excluding hydrogens is 440 g/mol. The zero-order chi connectivity index (χ0) is 21.3. The summed E-state index contributed by atoms with van der Waals surface area (Å²) in [5.41, 5.74) is -3.53. The first-order valence-corrected chi connectivity index (χ1v) is 8.81. The summed E-state index contributed by atoms with van der Waals surface area (Å²) in [6.07, 6.45) is -10.5. The second-order valence-electron chi connectivity index (χ2n) is 5.11. The van der Waals surface area contributed by atoms with E-state index in [4.69, 9.17) is 11.6 Å². The monoisotopic (exact) mass is 447 g/mol. The van der Waals surface area contributed by atoms with E-state index < -0.39 is 50.1 Å². The summed E-state index contributed by atoms with van der Waals surface area (Å²) in [4.78, 5) is 15.4. The van der Waals surface area contributed by atoms with Crippen LogP contribution in [0.4, 0.5) is 26.3 Å². The Morgan fingerprint density at radius 1 is 0.964 bits per heavy atom. The van der Waals surface area contributed by atoms with Gasteiger partial charge in [0.2, 0.25) is 0 Å². The molecule has 0 saturated carbocycles. The fraction of sp³-hybridized carbons (Fsp3) is 0.143. The molecule has 2 aromatic rings. The van der Waals surface area contributed by atoms with Gasteiger partial charge in [0.1, 0.15) is 16.3 Å². The number of benzene rings is 1. The number of amides is 1. The molecule has 0 bridgehead atoms. The number of nitrogens with zero attached hydrogens (tertiary/aromatic N) is 1. The van der Waals surface area contributed by atoms with Crippen molar-refractivity contribution in [2.75, 3.05) is 0 Å². The molecule has 1 aromatic carbocycles. The summed E-state index contributed by atoms with van der Waals surface area (Å²) in [6.45, 7) is 0. The minimum Gasteiger partial charge on any atom is -0.273 e. The van der Waals surface area contributed by atoms with Crippen molar-refractivity contribution in [3.05, 3.63) is 58.4 Å². The van der Waals surface area contributed by atoms with Crippen molar-refractivity contribution >= 4 is 27.5 Å². The highest BCUT2D eigenvalue weighted by atomic mass is 35.5. The summed E-state index contributed by atoms with van der Waals surface area (Å²) < 4.78 is 101. The van der Waals surface area contributed by atoms with Gasteiger partial charge in [-0.15, -0.1) is 4.83 Å². The van der Waals surface area contributed by atoms with Gasteiger partial charge < -0.3 is 0 Å². The highest BCUT2D eigenvalue weighted by Gasteiger charge is 2.39. The van der Waals surface area contributed by atoms with Crippen LogP contribution in [0.3, 0.4) is 0 Å². The van der Waals surface area contributed by atoms with Crippen LogP contribution in [-0.4, -0.2) is 19.3 Å². The van der Waals surface area contributed by atoms with Crippen LogP contribution in [0.25, 0.3) is 0 Å². The minimum absolute atomic E-state index is 0.0500. The van der Waals surface area contributed by atoms with Crippen LogP contribution in [0.5, 0.6) is 0 Å². The molecule has 0 radical (unpaired) electrons. The average molecular weight is 448 g/mol. The molecule has 1 amide bonds. The molecule has 0 aliphatic rings. The van der Waals surface area contributed by atoms with Crippen molar-refractivity contribution < 1.29 is 39.6 Å². The normalized spacial score (nSPS) is 12.7. The number of hydrogen-bond acceptors (Lipinski definition) is 4. The maximum atomic E-state index is 12.8. The SMILES string of the molecule is O=C(NNS(=O)(=O)c1ccccc1Cl)c1cc(C(F)(F)F)nc(C(F)(F)F)c1. The first-order chi connectivity index (χ1) is 12.7. The molecule has 1 aromatic heterocycles. The molecule has 0 aliphatic heterocycles. The number of sulfonamides is 1. The minimum atomic E-state index is -5.27. The fourth-order valence-electron chi connectivity index (χ4n) is 1.86. The number of hydrogen-bond donors (Lipinski definition) is 2. The molecule has 0 atom stereocenters. The van der Waals surface area contributed by atoms with Crippen LogP contribution < -0.4 is 10.3 Å². The van der Waals surface area contributed by atoms with Gasteiger partial charge in [0, 0.05) is 5.56 Å². The fourth-order valence-corrected chi connectivity index (χ4v) is 3.22. The van der Waals surface area contributed by atoms with Crippen molar-refractivity contribution in [3.8, 4) is 0 Å². The van der Waals surface area contributed by atoms with Crippen molar-refractivity contribution in [1.29, 1.82) is 0 Å². The van der Waals surface area contributed by atoms with Crippen molar-refractivity contribution in [2.24, 2.45) is 0 Å². The van der Waals surface area contributed by atoms with Crippen LogP contribution in [0.2, 0.25) is 5.02 Å². The topological polar surface area (TPSA) is 88.2 Å². The van der Waals surface area contributed by atoms with E-state index in [1.165, 1.54) is 28.5 Å². The van der Waals surface area contributed by atoms with Crippen LogP contribution in [-0.2, 0) is 22.4 Å². The molecule has 0 aliphatic carbocycles. The van der Waals surface area contributed by atoms with Gasteiger partial charge >= 0.3 is 12.4 Å². The molecule has 0 saturated heterocycles. The molecule has 2 N–H and O–H groups in total. The summed E-state index contributed by atoms with van der Waals surface area (Å²) >= 11 is 5.69. The van der Waals surface area contributed by atoms with Gasteiger partial charge in [0.15, 0.2) is 0 Å². The Labute approximate surface area is 158 Å². The van der Waals surface area contributed by atoms with Crippen molar-refractivity contribution in [2.45, 2.75) is 17.2 Å². The first-order valence-electron chi connectivity index (χ1n) is 6.95. The maximum Gasteiger partial charge on any atom is 0.433 e. The maximum absolute atomic E-state index is 12.8. The molecule has 1 heterocycles. The number of nitrogens with one attached hydrogen (secondary N) is 2. The third-order valence-electron chi connectivity index (χ3n) is 3.09. The number of hydrazine groups is 1. The highest BCUT2D eigenvalue weighted by Crippen LogP contribution is 2.33. The quantitative estimate of drug-likeness (QED) is 0.555. The molecule has 28 heavy (non-hydrogen) atoms. The number of rotatable bonds is 4. The van der Waals surface area contributed by atoms with Crippen LogP contribution in [0, 0.1) is 0 Å². The Morgan fingerprint density at radius 3 is 1.93 bits per heavy atom. The van der Waals surface area contributed by atoms with Crippen LogP contribution in [0.15, 0.2) is 41.3 Å². The standard InChI is InChI=1S/C14H8ClF6N3O3S/c15-8-3-1-2-4-9(8)28(26,27)24-23-12(25)7-5-10(13(16,17)18)22-11(6-7)14(19,20)21/h1-6,24H,(H,23,25). The van der Waals surface area contributed by atoms with Gasteiger partial charge in [-0.3, -0.25) is 10.2 Å². The van der Waals surface area contributed by atoms with Gasteiger partial charge in [-0.05, 0) is 24.3 Å². The van der Waals surface area contributed by atoms with Gasteiger partial charge in [-0.2, -0.15) is 26.3 Å².